The van der Waals surface area contributed by atoms with E-state index < -0.39 is 24.3 Å². The van der Waals surface area contributed by atoms with E-state index >= 15 is 0 Å². The van der Waals surface area contributed by atoms with Gasteiger partial charge in [0.1, 0.15) is 23.7 Å². The van der Waals surface area contributed by atoms with E-state index in [1.807, 2.05) is 0 Å². The van der Waals surface area contributed by atoms with Crippen molar-refractivity contribution < 1.29 is 22.7 Å². The first-order chi connectivity index (χ1) is 12.4. The van der Waals surface area contributed by atoms with Gasteiger partial charge in [0.2, 0.25) is 0 Å². The topological polar surface area (TPSA) is 67.3 Å². The first-order valence-corrected chi connectivity index (χ1v) is 8.09. The summed E-state index contributed by atoms with van der Waals surface area (Å²) in [5.74, 6) is 0.495. The maximum absolute atomic E-state index is 12.7. The number of nitrogens with zero attached hydrogens (tertiary/aromatic N) is 3. The molecule has 1 saturated heterocycles. The van der Waals surface area contributed by atoms with Crippen molar-refractivity contribution >= 4 is 17.5 Å². The Labute approximate surface area is 148 Å². The lowest BCUT2D eigenvalue weighted by Crippen LogP contribution is -2.22. The average Bonchev–Trinajstić information content (AvgIpc) is 3.14. The average molecular weight is 366 g/mol. The van der Waals surface area contributed by atoms with Gasteiger partial charge in [0.15, 0.2) is 6.61 Å². The van der Waals surface area contributed by atoms with Crippen LogP contribution in [0.15, 0.2) is 36.7 Å². The van der Waals surface area contributed by atoms with E-state index in [9.17, 15) is 18.0 Å². The van der Waals surface area contributed by atoms with Gasteiger partial charge in [-0.3, -0.25) is 4.79 Å². The van der Waals surface area contributed by atoms with Gasteiger partial charge < -0.3 is 15.0 Å². The van der Waals surface area contributed by atoms with Crippen LogP contribution >= 0.6 is 0 Å². The Kier molecular flexibility index (Phi) is 5.24. The number of nitrogens with one attached hydrogen (secondary N) is 1. The molecule has 1 aliphatic rings. The summed E-state index contributed by atoms with van der Waals surface area (Å²) in [5, 5.41) is 2.56. The molecule has 1 aromatic heterocycles. The molecule has 3 rings (SSSR count). The van der Waals surface area contributed by atoms with Crippen molar-refractivity contribution in [2.75, 3.05) is 29.9 Å². The molecule has 1 aliphatic heterocycles. The van der Waals surface area contributed by atoms with Crippen LogP contribution in [-0.4, -0.2) is 35.6 Å². The number of halogens is 3. The monoisotopic (exact) mass is 366 g/mol. The second kappa shape index (κ2) is 7.59. The SMILES string of the molecule is O=C(COc1cccc(C(F)(F)F)c1)Nc1cc(N2CCCC2)ncn1. The molecule has 9 heteroatoms. The summed E-state index contributed by atoms with van der Waals surface area (Å²) >= 11 is 0. The fourth-order valence-corrected chi connectivity index (χ4v) is 2.62. The summed E-state index contributed by atoms with van der Waals surface area (Å²) in [5.41, 5.74) is -0.832. The van der Waals surface area contributed by atoms with E-state index in [2.05, 4.69) is 20.2 Å². The molecule has 0 bridgehead atoms. The Balaban J connectivity index is 1.57. The van der Waals surface area contributed by atoms with Crippen LogP contribution in [0.5, 0.6) is 5.75 Å². The van der Waals surface area contributed by atoms with Crippen LogP contribution < -0.4 is 15.0 Å². The molecule has 0 radical (unpaired) electrons. The highest BCUT2D eigenvalue weighted by Gasteiger charge is 2.30. The summed E-state index contributed by atoms with van der Waals surface area (Å²) in [7, 11) is 0. The molecule has 1 aromatic carbocycles. The molecule has 1 N–H and O–H groups in total. The van der Waals surface area contributed by atoms with Crippen LogP contribution in [0.25, 0.3) is 0 Å². The van der Waals surface area contributed by atoms with Gasteiger partial charge in [-0.05, 0) is 31.0 Å². The fraction of sp³-hybridized carbons (Fsp3) is 0.353. The Hall–Kier alpha value is -2.84. The molecule has 0 spiro atoms. The van der Waals surface area contributed by atoms with E-state index in [1.165, 1.54) is 18.5 Å². The Morgan fingerprint density at radius 3 is 2.69 bits per heavy atom. The number of hydrogen-bond acceptors (Lipinski definition) is 5. The molecule has 26 heavy (non-hydrogen) atoms. The van der Waals surface area contributed by atoms with Gasteiger partial charge in [0.25, 0.3) is 5.91 Å². The molecular formula is C17H17F3N4O2. The second-order valence-corrected chi connectivity index (χ2v) is 5.82. The quantitative estimate of drug-likeness (QED) is 0.881. The van der Waals surface area contributed by atoms with Gasteiger partial charge in [-0.1, -0.05) is 6.07 Å². The number of carbonyl (C=O) groups excluding carboxylic acids is 1. The van der Waals surface area contributed by atoms with E-state index in [1.54, 1.807) is 6.07 Å². The van der Waals surface area contributed by atoms with Crippen molar-refractivity contribution in [2.24, 2.45) is 0 Å². The molecule has 0 saturated carbocycles. The van der Waals surface area contributed by atoms with Gasteiger partial charge >= 0.3 is 6.18 Å². The standard InChI is InChI=1S/C17H17F3N4O2/c18-17(19,20)12-4-3-5-13(8-12)26-10-16(25)23-14-9-15(22-11-21-14)24-6-1-2-7-24/h3-5,8-9,11H,1-2,6-7,10H2,(H,21,22,23,25). The number of anilines is 2. The maximum atomic E-state index is 12.7. The zero-order chi connectivity index (χ0) is 18.6. The summed E-state index contributed by atoms with van der Waals surface area (Å²) < 4.78 is 43.1. The zero-order valence-electron chi connectivity index (χ0n) is 13.8. The van der Waals surface area contributed by atoms with Gasteiger partial charge in [-0.15, -0.1) is 0 Å². The lowest BCUT2D eigenvalue weighted by atomic mass is 10.2. The van der Waals surface area contributed by atoms with E-state index in [0.29, 0.717) is 5.82 Å². The van der Waals surface area contributed by atoms with Crippen LogP contribution in [-0.2, 0) is 11.0 Å². The first kappa shape index (κ1) is 18.0. The first-order valence-electron chi connectivity index (χ1n) is 8.09. The highest BCUT2D eigenvalue weighted by atomic mass is 19.4. The van der Waals surface area contributed by atoms with Gasteiger partial charge in [0, 0.05) is 19.2 Å². The smallest absolute Gasteiger partial charge is 0.416 e. The number of alkyl halides is 3. The molecule has 2 aromatic rings. The minimum atomic E-state index is -4.46. The van der Waals surface area contributed by atoms with Crippen LogP contribution in [0.1, 0.15) is 18.4 Å². The Morgan fingerprint density at radius 1 is 1.19 bits per heavy atom. The van der Waals surface area contributed by atoms with E-state index in [0.717, 1.165) is 43.9 Å². The van der Waals surface area contributed by atoms with Crippen molar-refractivity contribution in [1.82, 2.24) is 9.97 Å². The van der Waals surface area contributed by atoms with Crippen LogP contribution in [0.4, 0.5) is 24.8 Å². The normalized spacial score (nSPS) is 14.3. The number of amides is 1. The van der Waals surface area contributed by atoms with Gasteiger partial charge in [-0.2, -0.15) is 13.2 Å². The van der Waals surface area contributed by atoms with Crippen molar-refractivity contribution in [1.29, 1.82) is 0 Å². The number of aromatic nitrogens is 2. The number of rotatable bonds is 5. The highest BCUT2D eigenvalue weighted by molar-refractivity contribution is 5.91. The molecule has 0 atom stereocenters. The second-order valence-electron chi connectivity index (χ2n) is 5.82. The number of ether oxygens (including phenoxy) is 1. The number of carbonyl (C=O) groups is 1. The third-order valence-corrected chi connectivity index (χ3v) is 3.88. The zero-order valence-corrected chi connectivity index (χ0v) is 13.8. The number of hydrogen-bond donors (Lipinski definition) is 1. The Morgan fingerprint density at radius 2 is 1.96 bits per heavy atom. The summed E-state index contributed by atoms with van der Waals surface area (Å²) in [4.78, 5) is 22.2. The lowest BCUT2D eigenvalue weighted by Gasteiger charge is -2.16. The summed E-state index contributed by atoms with van der Waals surface area (Å²) in [6.45, 7) is 1.39. The van der Waals surface area contributed by atoms with Crippen LogP contribution in [0.3, 0.4) is 0 Å². The minimum absolute atomic E-state index is 0.0320. The molecule has 1 fully saturated rings. The molecular weight excluding hydrogens is 349 g/mol. The molecule has 6 nitrogen and oxygen atoms in total. The van der Waals surface area contributed by atoms with E-state index in [4.69, 9.17) is 4.74 Å². The lowest BCUT2D eigenvalue weighted by molar-refractivity contribution is -0.137. The van der Waals surface area contributed by atoms with Crippen molar-refractivity contribution in [3.8, 4) is 5.75 Å². The third kappa shape index (κ3) is 4.62. The van der Waals surface area contributed by atoms with Gasteiger partial charge in [-0.25, -0.2) is 9.97 Å². The third-order valence-electron chi connectivity index (χ3n) is 3.88. The molecule has 138 valence electrons. The summed E-state index contributed by atoms with van der Waals surface area (Å²) in [6.07, 6.45) is -0.918. The highest BCUT2D eigenvalue weighted by Crippen LogP contribution is 2.31. The minimum Gasteiger partial charge on any atom is -0.484 e. The van der Waals surface area contributed by atoms with Gasteiger partial charge in [0.05, 0.1) is 5.56 Å². The van der Waals surface area contributed by atoms with Crippen molar-refractivity contribution in [3.05, 3.63) is 42.2 Å². The summed E-state index contributed by atoms with van der Waals surface area (Å²) in [6, 6.07) is 6.03. The predicted octanol–water partition coefficient (Wildman–Crippen LogP) is 3.11. The van der Waals surface area contributed by atoms with Crippen LogP contribution in [0.2, 0.25) is 0 Å². The molecule has 2 heterocycles. The number of benzene rings is 1. The van der Waals surface area contributed by atoms with Crippen LogP contribution in [0, 0.1) is 0 Å². The molecule has 0 unspecified atom stereocenters. The van der Waals surface area contributed by atoms with Crippen molar-refractivity contribution in [2.45, 2.75) is 19.0 Å². The molecule has 1 amide bonds. The van der Waals surface area contributed by atoms with E-state index in [-0.39, 0.29) is 5.75 Å². The predicted molar refractivity (Wildman–Crippen MR) is 89.0 cm³/mol. The van der Waals surface area contributed by atoms with Crippen molar-refractivity contribution in [3.63, 3.8) is 0 Å². The molecule has 0 aliphatic carbocycles. The maximum Gasteiger partial charge on any atom is 0.416 e. The largest absolute Gasteiger partial charge is 0.484 e. The Bertz CT molecular complexity index is 777. The fourth-order valence-electron chi connectivity index (χ4n) is 2.62.